The van der Waals surface area contributed by atoms with Crippen LogP contribution in [-0.2, 0) is 16.4 Å². The van der Waals surface area contributed by atoms with Crippen LogP contribution in [0.25, 0.3) is 11.0 Å². The molecule has 3 aromatic rings. The molecule has 0 radical (unpaired) electrons. The maximum absolute atomic E-state index is 11.8. The number of carboxylic acid groups (broad SMARTS) is 1. The SMILES string of the molecule is COc1ccc(Cn2ncc3c(NC4CCS(=O)(=O)CC4)c(C(=O)O)cnc32)cc1. The van der Waals surface area contributed by atoms with Crippen LogP contribution in [0.3, 0.4) is 0 Å². The van der Waals surface area contributed by atoms with Gasteiger partial charge in [-0.25, -0.2) is 22.9 Å². The van der Waals surface area contributed by atoms with E-state index in [2.05, 4.69) is 15.4 Å². The highest BCUT2D eigenvalue weighted by Crippen LogP contribution is 2.29. The number of pyridine rings is 1. The van der Waals surface area contributed by atoms with Crippen LogP contribution >= 0.6 is 0 Å². The van der Waals surface area contributed by atoms with Crippen molar-refractivity contribution in [3.8, 4) is 5.75 Å². The maximum Gasteiger partial charge on any atom is 0.339 e. The lowest BCUT2D eigenvalue weighted by Gasteiger charge is -2.25. The number of nitrogens with zero attached hydrogens (tertiary/aromatic N) is 3. The summed E-state index contributed by atoms with van der Waals surface area (Å²) in [6, 6.07) is 7.46. The lowest BCUT2D eigenvalue weighted by atomic mass is 10.1. The number of benzene rings is 1. The molecule has 0 bridgehead atoms. The predicted molar refractivity (Wildman–Crippen MR) is 112 cm³/mol. The summed E-state index contributed by atoms with van der Waals surface area (Å²) in [5.74, 6) is -0.150. The van der Waals surface area contributed by atoms with E-state index in [1.165, 1.54) is 6.20 Å². The largest absolute Gasteiger partial charge is 0.497 e. The van der Waals surface area contributed by atoms with Gasteiger partial charge in [-0.05, 0) is 30.5 Å². The highest BCUT2D eigenvalue weighted by atomic mass is 32.2. The third kappa shape index (κ3) is 4.09. The zero-order chi connectivity index (χ0) is 21.3. The molecule has 0 spiro atoms. The molecule has 158 valence electrons. The number of aromatic nitrogens is 3. The van der Waals surface area contributed by atoms with Crippen molar-refractivity contribution >= 4 is 32.5 Å². The Labute approximate surface area is 173 Å². The molecule has 0 saturated carbocycles. The van der Waals surface area contributed by atoms with E-state index in [-0.39, 0.29) is 23.1 Å². The van der Waals surface area contributed by atoms with E-state index >= 15 is 0 Å². The first kappa shape index (κ1) is 20.1. The zero-order valence-corrected chi connectivity index (χ0v) is 17.2. The number of hydrogen-bond donors (Lipinski definition) is 2. The number of methoxy groups -OCH3 is 1. The topological polar surface area (TPSA) is 123 Å². The van der Waals surface area contributed by atoms with Gasteiger partial charge in [0, 0.05) is 12.2 Å². The van der Waals surface area contributed by atoms with Crippen LogP contribution in [0, 0.1) is 0 Å². The van der Waals surface area contributed by atoms with E-state index in [0.29, 0.717) is 36.1 Å². The number of nitrogens with one attached hydrogen (secondary N) is 1. The Morgan fingerprint density at radius 2 is 1.93 bits per heavy atom. The van der Waals surface area contributed by atoms with Crippen molar-refractivity contribution in [1.29, 1.82) is 0 Å². The molecule has 1 aromatic carbocycles. The third-order valence-corrected chi connectivity index (χ3v) is 7.01. The molecule has 2 N–H and O–H groups in total. The average molecular weight is 430 g/mol. The average Bonchev–Trinajstić information content (AvgIpc) is 3.13. The first-order valence-corrected chi connectivity index (χ1v) is 11.4. The Morgan fingerprint density at radius 3 is 2.57 bits per heavy atom. The highest BCUT2D eigenvalue weighted by Gasteiger charge is 2.26. The van der Waals surface area contributed by atoms with E-state index in [1.807, 2.05) is 24.3 Å². The van der Waals surface area contributed by atoms with Crippen molar-refractivity contribution in [3.05, 3.63) is 47.8 Å². The minimum absolute atomic E-state index is 0.0416. The molecule has 1 aliphatic heterocycles. The summed E-state index contributed by atoms with van der Waals surface area (Å²) in [5.41, 5.74) is 2.02. The summed E-state index contributed by atoms with van der Waals surface area (Å²) in [6.07, 6.45) is 3.79. The number of ether oxygens (including phenoxy) is 1. The van der Waals surface area contributed by atoms with Crippen molar-refractivity contribution in [3.63, 3.8) is 0 Å². The fourth-order valence-corrected chi connectivity index (χ4v) is 5.09. The van der Waals surface area contributed by atoms with E-state index in [4.69, 9.17) is 4.74 Å². The summed E-state index contributed by atoms with van der Waals surface area (Å²) in [4.78, 5) is 16.1. The number of sulfone groups is 1. The molecule has 0 amide bonds. The van der Waals surface area contributed by atoms with Crippen molar-refractivity contribution in [2.45, 2.75) is 25.4 Å². The maximum atomic E-state index is 11.8. The second-order valence-corrected chi connectivity index (χ2v) is 9.61. The summed E-state index contributed by atoms with van der Waals surface area (Å²) >= 11 is 0. The predicted octanol–water partition coefficient (Wildman–Crippen LogP) is 2.18. The molecule has 1 saturated heterocycles. The molecule has 4 rings (SSSR count). The van der Waals surface area contributed by atoms with E-state index in [9.17, 15) is 18.3 Å². The second kappa shape index (κ2) is 7.94. The lowest BCUT2D eigenvalue weighted by Crippen LogP contribution is -2.32. The van der Waals surface area contributed by atoms with Crippen molar-refractivity contribution in [1.82, 2.24) is 14.8 Å². The Morgan fingerprint density at radius 1 is 1.23 bits per heavy atom. The summed E-state index contributed by atoms with van der Waals surface area (Å²) < 4.78 is 30.3. The van der Waals surface area contributed by atoms with Crippen LogP contribution in [0.1, 0.15) is 28.8 Å². The molecular weight excluding hydrogens is 408 g/mol. The van der Waals surface area contributed by atoms with Crippen molar-refractivity contribution in [2.75, 3.05) is 23.9 Å². The molecule has 0 unspecified atom stereocenters. The third-order valence-electron chi connectivity index (χ3n) is 5.29. The highest BCUT2D eigenvalue weighted by molar-refractivity contribution is 7.91. The summed E-state index contributed by atoms with van der Waals surface area (Å²) in [6.45, 7) is 0.466. The van der Waals surface area contributed by atoms with E-state index in [0.717, 1.165) is 11.3 Å². The van der Waals surface area contributed by atoms with Crippen molar-refractivity contribution in [2.24, 2.45) is 0 Å². The molecule has 2 aromatic heterocycles. The van der Waals surface area contributed by atoms with Gasteiger partial charge in [0.1, 0.15) is 21.2 Å². The molecule has 9 nitrogen and oxygen atoms in total. The lowest BCUT2D eigenvalue weighted by molar-refractivity contribution is 0.0697. The Balaban J connectivity index is 1.66. The van der Waals surface area contributed by atoms with E-state index < -0.39 is 15.8 Å². The van der Waals surface area contributed by atoms with Crippen LogP contribution < -0.4 is 10.1 Å². The Kier molecular flexibility index (Phi) is 5.33. The van der Waals surface area contributed by atoms with Gasteiger partial charge in [0.25, 0.3) is 0 Å². The Hall–Kier alpha value is -3.14. The molecule has 1 aliphatic rings. The molecule has 10 heteroatoms. The number of hydrogen-bond acceptors (Lipinski definition) is 7. The second-order valence-electron chi connectivity index (χ2n) is 7.31. The fourth-order valence-electron chi connectivity index (χ4n) is 3.60. The van der Waals surface area contributed by atoms with E-state index in [1.54, 1.807) is 18.0 Å². The van der Waals surface area contributed by atoms with Gasteiger partial charge in [0.2, 0.25) is 0 Å². The monoisotopic (exact) mass is 430 g/mol. The van der Waals surface area contributed by atoms with Gasteiger partial charge in [-0.2, -0.15) is 5.10 Å². The molecule has 0 atom stereocenters. The first-order valence-electron chi connectivity index (χ1n) is 9.54. The number of fused-ring (bicyclic) bond motifs is 1. The minimum Gasteiger partial charge on any atom is -0.497 e. The van der Waals surface area contributed by atoms with Gasteiger partial charge < -0.3 is 15.2 Å². The van der Waals surface area contributed by atoms with Crippen LogP contribution in [0.2, 0.25) is 0 Å². The number of aromatic carboxylic acids is 1. The number of rotatable bonds is 6. The summed E-state index contributed by atoms with van der Waals surface area (Å²) in [7, 11) is -1.40. The summed E-state index contributed by atoms with van der Waals surface area (Å²) in [5, 5.41) is 17.9. The zero-order valence-electron chi connectivity index (χ0n) is 16.4. The van der Waals surface area contributed by atoms with Gasteiger partial charge in [-0.15, -0.1) is 0 Å². The van der Waals surface area contributed by atoms with Crippen LogP contribution in [0.4, 0.5) is 5.69 Å². The van der Waals surface area contributed by atoms with Gasteiger partial charge in [0.15, 0.2) is 5.65 Å². The van der Waals surface area contributed by atoms with Crippen molar-refractivity contribution < 1.29 is 23.1 Å². The Bertz CT molecular complexity index is 1170. The van der Waals surface area contributed by atoms with Crippen LogP contribution in [-0.4, -0.2) is 58.9 Å². The molecule has 30 heavy (non-hydrogen) atoms. The quantitative estimate of drug-likeness (QED) is 0.610. The molecule has 3 heterocycles. The standard InChI is InChI=1S/C20H22N4O5S/c1-29-15-4-2-13(3-5-15)12-24-19-16(11-22-24)18(17(10-21-19)20(25)26)23-14-6-8-30(27,28)9-7-14/h2-5,10-11,14H,6-9,12H2,1H3,(H,21,23)(H,25,26). The number of carbonyl (C=O) groups is 1. The van der Waals surface area contributed by atoms with Gasteiger partial charge in [-0.1, -0.05) is 12.1 Å². The molecule has 1 fully saturated rings. The van der Waals surface area contributed by atoms with Gasteiger partial charge in [0.05, 0.1) is 42.4 Å². The van der Waals surface area contributed by atoms with Crippen LogP contribution in [0.15, 0.2) is 36.7 Å². The molecular formula is C20H22N4O5S. The number of anilines is 1. The van der Waals surface area contributed by atoms with Gasteiger partial charge in [-0.3, -0.25) is 0 Å². The fraction of sp³-hybridized carbons (Fsp3) is 0.350. The smallest absolute Gasteiger partial charge is 0.339 e. The minimum atomic E-state index is -3.01. The molecule has 0 aliphatic carbocycles. The number of carboxylic acids is 1. The van der Waals surface area contributed by atoms with Crippen LogP contribution in [0.5, 0.6) is 5.75 Å². The van der Waals surface area contributed by atoms with Gasteiger partial charge >= 0.3 is 5.97 Å². The normalized spacial score (nSPS) is 16.4. The first-order chi connectivity index (χ1) is 14.4.